The summed E-state index contributed by atoms with van der Waals surface area (Å²) in [6, 6.07) is 14.2. The summed E-state index contributed by atoms with van der Waals surface area (Å²) < 4.78 is 22.0. The number of hydrogen-bond donors (Lipinski definition) is 0. The summed E-state index contributed by atoms with van der Waals surface area (Å²) >= 11 is 0. The second-order valence-electron chi connectivity index (χ2n) is 6.85. The number of aryl methyl sites for hydroxylation is 2. The maximum absolute atomic E-state index is 12.5. The lowest BCUT2D eigenvalue weighted by molar-refractivity contribution is -0.206. The van der Waals surface area contributed by atoms with Crippen molar-refractivity contribution in [2.75, 3.05) is 13.7 Å². The van der Waals surface area contributed by atoms with Gasteiger partial charge in [-0.15, -0.1) is 0 Å². The van der Waals surface area contributed by atoms with E-state index in [1.165, 1.54) is 7.11 Å². The minimum atomic E-state index is -0.713. The van der Waals surface area contributed by atoms with E-state index in [0.29, 0.717) is 11.1 Å². The number of hydrogen-bond acceptors (Lipinski definition) is 6. The van der Waals surface area contributed by atoms with Crippen LogP contribution in [0.4, 0.5) is 0 Å². The van der Waals surface area contributed by atoms with Crippen molar-refractivity contribution in [2.24, 2.45) is 0 Å². The summed E-state index contributed by atoms with van der Waals surface area (Å²) in [6.45, 7) is 3.97. The first-order valence-electron chi connectivity index (χ1n) is 9.16. The van der Waals surface area contributed by atoms with Crippen LogP contribution >= 0.6 is 0 Å². The molecule has 2 aromatic rings. The van der Waals surface area contributed by atoms with Gasteiger partial charge in [0.05, 0.1) is 17.7 Å². The SMILES string of the molecule is CO[C@H]1C[C@H](OC(=O)c2ccc(C)cc2)[C@H](OC(=O)c2ccc(C)cc2)CO1. The number of carbonyl (C=O) groups is 2. The van der Waals surface area contributed by atoms with Gasteiger partial charge >= 0.3 is 11.9 Å². The molecule has 1 heterocycles. The van der Waals surface area contributed by atoms with Crippen molar-refractivity contribution >= 4 is 11.9 Å². The van der Waals surface area contributed by atoms with E-state index in [9.17, 15) is 9.59 Å². The molecule has 0 aromatic heterocycles. The van der Waals surface area contributed by atoms with E-state index in [1.807, 2.05) is 38.1 Å². The van der Waals surface area contributed by atoms with Gasteiger partial charge in [-0.05, 0) is 38.1 Å². The fraction of sp³-hybridized carbons (Fsp3) is 0.364. The minimum absolute atomic E-state index is 0.0853. The lowest BCUT2D eigenvalue weighted by atomic mass is 10.1. The Bertz CT molecular complexity index is 812. The highest BCUT2D eigenvalue weighted by Gasteiger charge is 2.37. The summed E-state index contributed by atoms with van der Waals surface area (Å²) in [7, 11) is 1.52. The molecule has 1 fully saturated rings. The monoisotopic (exact) mass is 384 g/mol. The Hall–Kier alpha value is -2.70. The third-order valence-electron chi connectivity index (χ3n) is 4.64. The Morgan fingerprint density at radius 3 is 1.75 bits per heavy atom. The smallest absolute Gasteiger partial charge is 0.338 e. The molecule has 2 aromatic carbocycles. The molecule has 0 saturated carbocycles. The number of esters is 2. The normalized spacial score (nSPS) is 21.8. The molecular weight excluding hydrogens is 360 g/mol. The number of methoxy groups -OCH3 is 1. The standard InChI is InChI=1S/C22H24O6/c1-14-4-8-16(9-5-14)21(23)27-18-12-20(25-3)26-13-19(18)28-22(24)17-10-6-15(2)7-11-17/h4-11,18-20H,12-13H2,1-3H3/t18-,19+,20+/m0/s1. The third-order valence-corrected chi connectivity index (χ3v) is 4.64. The van der Waals surface area contributed by atoms with Crippen molar-refractivity contribution in [3.63, 3.8) is 0 Å². The number of benzene rings is 2. The first-order valence-corrected chi connectivity index (χ1v) is 9.16. The molecule has 0 bridgehead atoms. The average molecular weight is 384 g/mol. The molecule has 3 atom stereocenters. The molecule has 1 aliphatic rings. The van der Waals surface area contributed by atoms with Gasteiger partial charge in [-0.2, -0.15) is 0 Å². The zero-order valence-electron chi connectivity index (χ0n) is 16.2. The van der Waals surface area contributed by atoms with Gasteiger partial charge in [0.25, 0.3) is 0 Å². The maximum Gasteiger partial charge on any atom is 0.338 e. The highest BCUT2D eigenvalue weighted by molar-refractivity contribution is 5.90. The highest BCUT2D eigenvalue weighted by atomic mass is 16.7. The molecule has 0 N–H and O–H groups in total. The topological polar surface area (TPSA) is 71.1 Å². The van der Waals surface area contributed by atoms with Crippen LogP contribution in [0.5, 0.6) is 0 Å². The van der Waals surface area contributed by atoms with Crippen molar-refractivity contribution < 1.29 is 28.5 Å². The molecule has 1 saturated heterocycles. The highest BCUT2D eigenvalue weighted by Crippen LogP contribution is 2.23. The minimum Gasteiger partial charge on any atom is -0.455 e. The molecular formula is C22H24O6. The van der Waals surface area contributed by atoms with Crippen LogP contribution in [0.3, 0.4) is 0 Å². The number of ether oxygens (including phenoxy) is 4. The van der Waals surface area contributed by atoms with E-state index >= 15 is 0 Å². The fourth-order valence-electron chi connectivity index (χ4n) is 2.91. The van der Waals surface area contributed by atoms with Crippen LogP contribution in [0.15, 0.2) is 48.5 Å². The molecule has 0 radical (unpaired) electrons. The van der Waals surface area contributed by atoms with E-state index in [0.717, 1.165) is 11.1 Å². The molecule has 148 valence electrons. The van der Waals surface area contributed by atoms with Gasteiger partial charge in [0.1, 0.15) is 6.10 Å². The Kier molecular flexibility index (Phi) is 6.44. The Balaban J connectivity index is 1.70. The molecule has 0 spiro atoms. The predicted octanol–water partition coefficient (Wildman–Crippen LogP) is 3.45. The molecule has 0 aliphatic carbocycles. The van der Waals surface area contributed by atoms with Gasteiger partial charge in [-0.25, -0.2) is 9.59 Å². The third kappa shape index (κ3) is 4.97. The van der Waals surface area contributed by atoms with Crippen LogP contribution in [0.1, 0.15) is 38.3 Å². The zero-order valence-corrected chi connectivity index (χ0v) is 16.2. The van der Waals surface area contributed by atoms with Crippen molar-refractivity contribution in [1.29, 1.82) is 0 Å². The molecule has 6 nitrogen and oxygen atoms in total. The van der Waals surface area contributed by atoms with Gasteiger partial charge < -0.3 is 18.9 Å². The van der Waals surface area contributed by atoms with Crippen LogP contribution in [0.25, 0.3) is 0 Å². The number of carbonyl (C=O) groups excluding carboxylic acids is 2. The Morgan fingerprint density at radius 1 is 0.821 bits per heavy atom. The van der Waals surface area contributed by atoms with E-state index in [2.05, 4.69) is 0 Å². The fourth-order valence-corrected chi connectivity index (χ4v) is 2.91. The second-order valence-corrected chi connectivity index (χ2v) is 6.85. The second kappa shape index (κ2) is 8.99. The molecule has 28 heavy (non-hydrogen) atoms. The van der Waals surface area contributed by atoms with E-state index in [4.69, 9.17) is 18.9 Å². The van der Waals surface area contributed by atoms with Gasteiger partial charge in [0, 0.05) is 13.5 Å². The summed E-state index contributed by atoms with van der Waals surface area (Å²) in [5.41, 5.74) is 2.97. The van der Waals surface area contributed by atoms with Gasteiger partial charge in [0.15, 0.2) is 12.4 Å². The summed E-state index contributed by atoms with van der Waals surface area (Å²) in [5.74, 6) is -0.959. The first kappa shape index (κ1) is 20.0. The largest absolute Gasteiger partial charge is 0.455 e. The lowest BCUT2D eigenvalue weighted by Gasteiger charge is -2.34. The van der Waals surface area contributed by atoms with Crippen molar-refractivity contribution in [1.82, 2.24) is 0 Å². The maximum atomic E-state index is 12.5. The molecule has 6 heteroatoms. The molecule has 3 rings (SSSR count). The van der Waals surface area contributed by atoms with E-state index in [-0.39, 0.29) is 13.0 Å². The lowest BCUT2D eigenvalue weighted by Crippen LogP contribution is -2.46. The van der Waals surface area contributed by atoms with Crippen LogP contribution in [0, 0.1) is 13.8 Å². The van der Waals surface area contributed by atoms with E-state index in [1.54, 1.807) is 24.3 Å². The summed E-state index contributed by atoms with van der Waals surface area (Å²) in [6.07, 6.45) is -1.62. The van der Waals surface area contributed by atoms with Gasteiger partial charge in [-0.1, -0.05) is 35.4 Å². The first-order chi connectivity index (χ1) is 13.5. The number of rotatable bonds is 5. The van der Waals surface area contributed by atoms with Crippen molar-refractivity contribution in [3.8, 4) is 0 Å². The van der Waals surface area contributed by atoms with Crippen LogP contribution < -0.4 is 0 Å². The molecule has 0 amide bonds. The van der Waals surface area contributed by atoms with Crippen LogP contribution in [-0.2, 0) is 18.9 Å². The zero-order chi connectivity index (χ0) is 20.1. The Morgan fingerprint density at radius 2 is 1.29 bits per heavy atom. The summed E-state index contributed by atoms with van der Waals surface area (Å²) in [4.78, 5) is 25.0. The van der Waals surface area contributed by atoms with E-state index < -0.39 is 30.4 Å². The predicted molar refractivity (Wildman–Crippen MR) is 102 cm³/mol. The van der Waals surface area contributed by atoms with Gasteiger partial charge in [0.2, 0.25) is 0 Å². The molecule has 0 unspecified atom stereocenters. The average Bonchev–Trinajstić information content (AvgIpc) is 2.70. The van der Waals surface area contributed by atoms with Crippen molar-refractivity contribution in [3.05, 3.63) is 70.8 Å². The van der Waals surface area contributed by atoms with Crippen molar-refractivity contribution in [2.45, 2.75) is 38.8 Å². The summed E-state index contributed by atoms with van der Waals surface area (Å²) in [5, 5.41) is 0. The van der Waals surface area contributed by atoms with Crippen LogP contribution in [-0.4, -0.2) is 44.2 Å². The molecule has 1 aliphatic heterocycles. The Labute approximate surface area is 164 Å². The van der Waals surface area contributed by atoms with Gasteiger partial charge in [-0.3, -0.25) is 0 Å². The van der Waals surface area contributed by atoms with Crippen LogP contribution in [0.2, 0.25) is 0 Å². The quantitative estimate of drug-likeness (QED) is 0.736.